The van der Waals surface area contributed by atoms with Crippen molar-refractivity contribution in [2.24, 2.45) is 0 Å². The number of ether oxygens (including phenoxy) is 2. The number of aliphatic hydroxyl groups is 1. The monoisotopic (exact) mass is 282 g/mol. The molecule has 0 spiro atoms. The predicted octanol–water partition coefficient (Wildman–Crippen LogP) is 3.01. The Labute approximate surface area is 125 Å². The Morgan fingerprint density at radius 2 is 1.76 bits per heavy atom. The van der Waals surface area contributed by atoms with Crippen molar-refractivity contribution in [3.8, 4) is 23.3 Å². The Kier molecular flexibility index (Phi) is 5.69. The van der Waals surface area contributed by atoms with E-state index < -0.39 is 0 Å². The van der Waals surface area contributed by atoms with Gasteiger partial charge < -0.3 is 14.6 Å². The van der Waals surface area contributed by atoms with Crippen molar-refractivity contribution >= 4 is 0 Å². The van der Waals surface area contributed by atoms with E-state index >= 15 is 0 Å². The zero-order valence-corrected chi connectivity index (χ0v) is 12.0. The first-order chi connectivity index (χ1) is 10.3. The van der Waals surface area contributed by atoms with Crippen LogP contribution in [0.4, 0.5) is 0 Å². The van der Waals surface area contributed by atoms with E-state index in [-0.39, 0.29) is 6.61 Å². The fourth-order valence-electron chi connectivity index (χ4n) is 1.87. The van der Waals surface area contributed by atoms with E-state index in [9.17, 15) is 0 Å². The molecule has 0 radical (unpaired) electrons. The van der Waals surface area contributed by atoms with Crippen LogP contribution in [-0.4, -0.2) is 18.3 Å². The first-order valence-electron chi connectivity index (χ1n) is 6.86. The molecular formula is C18H18O3. The van der Waals surface area contributed by atoms with Crippen molar-refractivity contribution in [3.05, 3.63) is 59.7 Å². The van der Waals surface area contributed by atoms with Crippen molar-refractivity contribution in [2.75, 3.05) is 13.2 Å². The molecule has 0 saturated carbocycles. The van der Waals surface area contributed by atoms with Crippen LogP contribution < -0.4 is 9.47 Å². The summed E-state index contributed by atoms with van der Waals surface area (Å²) in [7, 11) is 0. The molecule has 0 bridgehead atoms. The molecule has 3 heteroatoms. The summed E-state index contributed by atoms with van der Waals surface area (Å²) in [6.07, 6.45) is 0. The van der Waals surface area contributed by atoms with E-state index in [2.05, 4.69) is 11.8 Å². The van der Waals surface area contributed by atoms with Crippen LogP contribution in [0.2, 0.25) is 0 Å². The van der Waals surface area contributed by atoms with Crippen molar-refractivity contribution in [1.29, 1.82) is 0 Å². The highest BCUT2D eigenvalue weighted by atomic mass is 16.5. The van der Waals surface area contributed by atoms with Crippen LogP contribution in [-0.2, 0) is 6.61 Å². The fourth-order valence-corrected chi connectivity index (χ4v) is 1.87. The maximum atomic E-state index is 8.71. The summed E-state index contributed by atoms with van der Waals surface area (Å²) in [5.74, 6) is 7.09. The number of hydrogen-bond acceptors (Lipinski definition) is 3. The van der Waals surface area contributed by atoms with Crippen LogP contribution in [0, 0.1) is 11.8 Å². The van der Waals surface area contributed by atoms with Gasteiger partial charge in [0.25, 0.3) is 0 Å². The van der Waals surface area contributed by atoms with E-state index in [4.69, 9.17) is 14.6 Å². The van der Waals surface area contributed by atoms with Crippen molar-refractivity contribution < 1.29 is 14.6 Å². The lowest BCUT2D eigenvalue weighted by Crippen LogP contribution is -1.97. The second-order valence-electron chi connectivity index (χ2n) is 4.36. The van der Waals surface area contributed by atoms with Gasteiger partial charge in [-0.2, -0.15) is 0 Å². The number of aliphatic hydroxyl groups excluding tert-OH is 1. The van der Waals surface area contributed by atoms with E-state index in [0.717, 1.165) is 22.6 Å². The Morgan fingerprint density at radius 3 is 2.52 bits per heavy atom. The van der Waals surface area contributed by atoms with Crippen molar-refractivity contribution in [3.63, 3.8) is 0 Å². The molecule has 2 aromatic rings. The quantitative estimate of drug-likeness (QED) is 0.857. The van der Waals surface area contributed by atoms with E-state index in [1.165, 1.54) is 0 Å². The minimum atomic E-state index is -0.134. The molecule has 0 aromatic heterocycles. The summed E-state index contributed by atoms with van der Waals surface area (Å²) in [6.45, 7) is 2.91. The van der Waals surface area contributed by atoms with Gasteiger partial charge in [-0.15, -0.1) is 0 Å². The topological polar surface area (TPSA) is 38.7 Å². The van der Waals surface area contributed by atoms with Crippen molar-refractivity contribution in [2.45, 2.75) is 13.5 Å². The maximum Gasteiger partial charge on any atom is 0.123 e. The molecule has 1 N–H and O–H groups in total. The molecule has 21 heavy (non-hydrogen) atoms. The van der Waals surface area contributed by atoms with Crippen LogP contribution in [0.3, 0.4) is 0 Å². The van der Waals surface area contributed by atoms with E-state index in [0.29, 0.717) is 13.2 Å². The van der Waals surface area contributed by atoms with E-state index in [1.807, 2.05) is 55.5 Å². The lowest BCUT2D eigenvalue weighted by Gasteiger charge is -2.09. The van der Waals surface area contributed by atoms with Gasteiger partial charge in [0.05, 0.1) is 6.61 Å². The lowest BCUT2D eigenvalue weighted by atomic mass is 10.1. The van der Waals surface area contributed by atoms with Gasteiger partial charge in [0.15, 0.2) is 0 Å². The predicted molar refractivity (Wildman–Crippen MR) is 82.3 cm³/mol. The Bertz CT molecular complexity index is 638. The second kappa shape index (κ2) is 7.98. The summed E-state index contributed by atoms with van der Waals surface area (Å²) < 4.78 is 11.2. The summed E-state index contributed by atoms with van der Waals surface area (Å²) >= 11 is 0. The molecule has 0 atom stereocenters. The molecule has 0 aliphatic heterocycles. The number of hydrogen-bond donors (Lipinski definition) is 1. The molecule has 0 heterocycles. The van der Waals surface area contributed by atoms with Crippen LogP contribution in [0.1, 0.15) is 18.1 Å². The van der Waals surface area contributed by atoms with Gasteiger partial charge in [-0.1, -0.05) is 30.0 Å². The normalized spacial score (nSPS) is 9.62. The maximum absolute atomic E-state index is 8.71. The smallest absolute Gasteiger partial charge is 0.123 e. The fraction of sp³-hybridized carbons (Fsp3) is 0.222. The third-order valence-electron chi connectivity index (χ3n) is 2.76. The number of benzene rings is 2. The third kappa shape index (κ3) is 4.87. The largest absolute Gasteiger partial charge is 0.494 e. The van der Waals surface area contributed by atoms with Crippen molar-refractivity contribution in [1.82, 2.24) is 0 Å². The minimum absolute atomic E-state index is 0.134. The van der Waals surface area contributed by atoms with E-state index in [1.54, 1.807) is 0 Å². The Balaban J connectivity index is 2.01. The highest BCUT2D eigenvalue weighted by Gasteiger charge is 1.99. The molecule has 0 aliphatic rings. The molecular weight excluding hydrogens is 264 g/mol. The second-order valence-corrected chi connectivity index (χ2v) is 4.36. The number of rotatable bonds is 5. The van der Waals surface area contributed by atoms with Crippen LogP contribution in [0.25, 0.3) is 0 Å². The Hall–Kier alpha value is -2.44. The van der Waals surface area contributed by atoms with Gasteiger partial charge in [-0.25, -0.2) is 0 Å². The molecule has 108 valence electrons. The summed E-state index contributed by atoms with van der Waals surface area (Å²) in [5.41, 5.74) is 1.90. The van der Waals surface area contributed by atoms with Gasteiger partial charge in [0.1, 0.15) is 24.7 Å². The van der Waals surface area contributed by atoms with Gasteiger partial charge in [-0.3, -0.25) is 0 Å². The Morgan fingerprint density at radius 1 is 1.00 bits per heavy atom. The molecule has 0 aliphatic carbocycles. The average molecular weight is 282 g/mol. The zero-order chi connectivity index (χ0) is 14.9. The summed E-state index contributed by atoms with van der Waals surface area (Å²) in [4.78, 5) is 0. The molecule has 0 saturated heterocycles. The standard InChI is InChI=1S/C18H18O3/c1-2-20-17-9-4-10-18(13-17)21-14-16-7-3-6-15(12-16)8-5-11-19/h3-4,6-7,9-10,12-13,19H,2,11,14H2,1H3. The van der Waals surface area contributed by atoms with Crippen LogP contribution in [0.5, 0.6) is 11.5 Å². The van der Waals surface area contributed by atoms with Gasteiger partial charge >= 0.3 is 0 Å². The van der Waals surface area contributed by atoms with Gasteiger partial charge in [0, 0.05) is 11.6 Å². The molecule has 3 nitrogen and oxygen atoms in total. The average Bonchev–Trinajstić information content (AvgIpc) is 2.52. The lowest BCUT2D eigenvalue weighted by molar-refractivity contribution is 0.299. The first kappa shape index (κ1) is 15.0. The third-order valence-corrected chi connectivity index (χ3v) is 2.76. The molecule has 0 fully saturated rings. The summed E-state index contributed by atoms with van der Waals surface area (Å²) in [6, 6.07) is 15.4. The molecule has 2 rings (SSSR count). The van der Waals surface area contributed by atoms with Crippen LogP contribution >= 0.6 is 0 Å². The van der Waals surface area contributed by atoms with Gasteiger partial charge in [-0.05, 0) is 36.8 Å². The molecule has 0 amide bonds. The first-order valence-corrected chi connectivity index (χ1v) is 6.86. The highest BCUT2D eigenvalue weighted by molar-refractivity contribution is 5.37. The van der Waals surface area contributed by atoms with Gasteiger partial charge in [0.2, 0.25) is 0 Å². The molecule has 2 aromatic carbocycles. The summed E-state index contributed by atoms with van der Waals surface area (Å²) in [5, 5.41) is 8.71. The van der Waals surface area contributed by atoms with Crippen LogP contribution in [0.15, 0.2) is 48.5 Å². The SMILES string of the molecule is CCOc1cccc(OCc2cccc(C#CCO)c2)c1. The molecule has 0 unspecified atom stereocenters. The zero-order valence-electron chi connectivity index (χ0n) is 12.0. The minimum Gasteiger partial charge on any atom is -0.494 e. The highest BCUT2D eigenvalue weighted by Crippen LogP contribution is 2.20.